The van der Waals surface area contributed by atoms with Gasteiger partial charge in [-0.1, -0.05) is 61.8 Å². The molecule has 0 amide bonds. The zero-order valence-corrected chi connectivity index (χ0v) is 14.7. The van der Waals surface area contributed by atoms with Gasteiger partial charge in [-0.3, -0.25) is 0 Å². The molecule has 0 unspecified atom stereocenters. The van der Waals surface area contributed by atoms with Gasteiger partial charge in [-0.05, 0) is 12.5 Å². The topological polar surface area (TPSA) is 37.8 Å². The van der Waals surface area contributed by atoms with Crippen LogP contribution in [0.1, 0.15) is 39.8 Å². The standard InChI is InChI=1S/C17H22BrN3/c1-5-10-19-15-11-14(17(2,3)4)20-16(21-15)12-8-6-7-9-13(12)18/h6-9,11H,5,10H2,1-4H3,(H,19,20,21). The van der Waals surface area contributed by atoms with Gasteiger partial charge in [0.1, 0.15) is 5.82 Å². The van der Waals surface area contributed by atoms with E-state index >= 15 is 0 Å². The SMILES string of the molecule is CCCNc1cc(C(C)(C)C)nc(-c2ccccc2Br)n1. The van der Waals surface area contributed by atoms with Crippen LogP contribution >= 0.6 is 15.9 Å². The van der Waals surface area contributed by atoms with E-state index in [2.05, 4.69) is 60.0 Å². The molecule has 1 heterocycles. The summed E-state index contributed by atoms with van der Waals surface area (Å²) >= 11 is 3.58. The number of hydrogen-bond acceptors (Lipinski definition) is 3. The third-order valence-corrected chi connectivity index (χ3v) is 3.86. The summed E-state index contributed by atoms with van der Waals surface area (Å²) in [6.45, 7) is 9.57. The Kier molecular flexibility index (Phi) is 4.99. The summed E-state index contributed by atoms with van der Waals surface area (Å²) < 4.78 is 1.01. The molecule has 3 nitrogen and oxygen atoms in total. The van der Waals surface area contributed by atoms with Crippen molar-refractivity contribution in [1.82, 2.24) is 9.97 Å². The Labute approximate surface area is 135 Å². The maximum Gasteiger partial charge on any atom is 0.162 e. The predicted octanol–water partition coefficient (Wildman–Crippen LogP) is 5.03. The lowest BCUT2D eigenvalue weighted by atomic mass is 9.91. The van der Waals surface area contributed by atoms with Crippen LogP contribution in [0.5, 0.6) is 0 Å². The van der Waals surface area contributed by atoms with Gasteiger partial charge in [-0.2, -0.15) is 0 Å². The largest absolute Gasteiger partial charge is 0.370 e. The maximum atomic E-state index is 4.76. The Morgan fingerprint density at radius 1 is 1.14 bits per heavy atom. The quantitative estimate of drug-likeness (QED) is 0.842. The smallest absolute Gasteiger partial charge is 0.162 e. The summed E-state index contributed by atoms with van der Waals surface area (Å²) in [6, 6.07) is 10.1. The van der Waals surface area contributed by atoms with Gasteiger partial charge in [-0.25, -0.2) is 9.97 Å². The van der Waals surface area contributed by atoms with Gasteiger partial charge >= 0.3 is 0 Å². The first-order chi connectivity index (χ1) is 9.91. The summed E-state index contributed by atoms with van der Waals surface area (Å²) in [7, 11) is 0. The highest BCUT2D eigenvalue weighted by Gasteiger charge is 2.19. The lowest BCUT2D eigenvalue weighted by molar-refractivity contribution is 0.568. The number of benzene rings is 1. The van der Waals surface area contributed by atoms with Gasteiger partial charge in [0.05, 0.1) is 5.69 Å². The van der Waals surface area contributed by atoms with Crippen molar-refractivity contribution in [1.29, 1.82) is 0 Å². The van der Waals surface area contributed by atoms with Crippen LogP contribution in [0.4, 0.5) is 5.82 Å². The third-order valence-electron chi connectivity index (χ3n) is 3.17. The Bertz CT molecular complexity index is 618. The summed E-state index contributed by atoms with van der Waals surface area (Å²) in [4.78, 5) is 9.43. The third kappa shape index (κ3) is 4.03. The molecule has 0 fully saturated rings. The predicted molar refractivity (Wildman–Crippen MR) is 92.6 cm³/mol. The number of rotatable bonds is 4. The van der Waals surface area contributed by atoms with Gasteiger partial charge in [-0.15, -0.1) is 0 Å². The van der Waals surface area contributed by atoms with Crippen LogP contribution in [0, 0.1) is 0 Å². The highest BCUT2D eigenvalue weighted by atomic mass is 79.9. The normalized spacial score (nSPS) is 11.5. The summed E-state index contributed by atoms with van der Waals surface area (Å²) in [5, 5.41) is 3.37. The average molecular weight is 348 g/mol. The van der Waals surface area contributed by atoms with E-state index in [4.69, 9.17) is 4.98 Å². The number of hydrogen-bond donors (Lipinski definition) is 1. The molecule has 1 aromatic heterocycles. The Balaban J connectivity index is 2.52. The molecule has 0 aliphatic carbocycles. The molecule has 21 heavy (non-hydrogen) atoms. The lowest BCUT2D eigenvalue weighted by Crippen LogP contribution is -2.16. The number of anilines is 1. The van der Waals surface area contributed by atoms with Crippen molar-refractivity contribution < 1.29 is 0 Å². The lowest BCUT2D eigenvalue weighted by Gasteiger charge is -2.20. The van der Waals surface area contributed by atoms with Gasteiger partial charge in [0, 0.05) is 28.1 Å². The van der Waals surface area contributed by atoms with Gasteiger partial charge in [0.25, 0.3) is 0 Å². The minimum atomic E-state index is -0.0123. The maximum absolute atomic E-state index is 4.76. The van der Waals surface area contributed by atoms with Crippen molar-refractivity contribution in [2.24, 2.45) is 0 Å². The highest BCUT2D eigenvalue weighted by Crippen LogP contribution is 2.29. The summed E-state index contributed by atoms with van der Waals surface area (Å²) in [5.74, 6) is 1.65. The molecular formula is C17H22BrN3. The summed E-state index contributed by atoms with van der Waals surface area (Å²) in [5.41, 5.74) is 2.05. The van der Waals surface area contributed by atoms with Crippen molar-refractivity contribution in [3.8, 4) is 11.4 Å². The highest BCUT2D eigenvalue weighted by molar-refractivity contribution is 9.10. The van der Waals surface area contributed by atoms with Crippen LogP contribution in [-0.4, -0.2) is 16.5 Å². The van der Waals surface area contributed by atoms with Crippen molar-refractivity contribution in [2.75, 3.05) is 11.9 Å². The summed E-state index contributed by atoms with van der Waals surface area (Å²) in [6.07, 6.45) is 1.07. The van der Waals surface area contributed by atoms with E-state index in [1.165, 1.54) is 0 Å². The van der Waals surface area contributed by atoms with E-state index in [0.717, 1.165) is 40.3 Å². The number of halogens is 1. The van der Waals surface area contributed by atoms with E-state index in [1.54, 1.807) is 0 Å². The van der Waals surface area contributed by atoms with E-state index in [1.807, 2.05) is 24.3 Å². The molecular weight excluding hydrogens is 326 g/mol. The number of nitrogens with zero attached hydrogens (tertiary/aromatic N) is 2. The van der Waals surface area contributed by atoms with Crippen LogP contribution in [0.25, 0.3) is 11.4 Å². The molecule has 0 saturated heterocycles. The molecule has 2 aromatic rings. The van der Waals surface area contributed by atoms with Crippen LogP contribution in [-0.2, 0) is 5.41 Å². The van der Waals surface area contributed by atoms with Crippen molar-refractivity contribution in [3.63, 3.8) is 0 Å². The minimum Gasteiger partial charge on any atom is -0.370 e. The zero-order chi connectivity index (χ0) is 15.5. The molecule has 4 heteroatoms. The van der Waals surface area contributed by atoms with Gasteiger partial charge < -0.3 is 5.32 Å². The van der Waals surface area contributed by atoms with Crippen molar-refractivity contribution >= 4 is 21.7 Å². The molecule has 2 rings (SSSR count). The van der Waals surface area contributed by atoms with Gasteiger partial charge in [0.2, 0.25) is 0 Å². The fourth-order valence-electron chi connectivity index (χ4n) is 1.94. The molecule has 0 saturated carbocycles. The molecule has 0 aliphatic rings. The Hall–Kier alpha value is -1.42. The van der Waals surface area contributed by atoms with Crippen LogP contribution in [0.2, 0.25) is 0 Å². The minimum absolute atomic E-state index is 0.0123. The van der Waals surface area contributed by atoms with E-state index in [9.17, 15) is 0 Å². The van der Waals surface area contributed by atoms with Gasteiger partial charge in [0.15, 0.2) is 5.82 Å². The van der Waals surface area contributed by atoms with E-state index < -0.39 is 0 Å². The fourth-order valence-corrected chi connectivity index (χ4v) is 2.40. The Morgan fingerprint density at radius 2 is 1.86 bits per heavy atom. The average Bonchev–Trinajstić information content (AvgIpc) is 2.44. The zero-order valence-electron chi connectivity index (χ0n) is 13.1. The second-order valence-electron chi connectivity index (χ2n) is 6.12. The fraction of sp³-hybridized carbons (Fsp3) is 0.412. The molecule has 0 atom stereocenters. The van der Waals surface area contributed by atoms with E-state index in [-0.39, 0.29) is 5.41 Å². The first-order valence-corrected chi connectivity index (χ1v) is 8.09. The van der Waals surface area contributed by atoms with Crippen LogP contribution in [0.3, 0.4) is 0 Å². The number of nitrogens with one attached hydrogen (secondary N) is 1. The second kappa shape index (κ2) is 6.56. The molecule has 112 valence electrons. The first-order valence-electron chi connectivity index (χ1n) is 7.30. The van der Waals surface area contributed by atoms with Crippen molar-refractivity contribution in [3.05, 3.63) is 40.5 Å². The number of aromatic nitrogens is 2. The van der Waals surface area contributed by atoms with Crippen LogP contribution < -0.4 is 5.32 Å². The molecule has 0 bridgehead atoms. The van der Waals surface area contributed by atoms with E-state index in [0.29, 0.717) is 0 Å². The Morgan fingerprint density at radius 3 is 2.48 bits per heavy atom. The first kappa shape index (κ1) is 16.0. The molecule has 1 aromatic carbocycles. The second-order valence-corrected chi connectivity index (χ2v) is 6.97. The monoisotopic (exact) mass is 347 g/mol. The molecule has 0 spiro atoms. The molecule has 0 radical (unpaired) electrons. The molecule has 1 N–H and O–H groups in total. The van der Waals surface area contributed by atoms with Crippen molar-refractivity contribution in [2.45, 2.75) is 39.5 Å². The van der Waals surface area contributed by atoms with Crippen LogP contribution in [0.15, 0.2) is 34.8 Å². The molecule has 0 aliphatic heterocycles.